The second kappa shape index (κ2) is 13.4. The van der Waals surface area contributed by atoms with Crippen LogP contribution < -0.4 is 16.8 Å². The van der Waals surface area contributed by atoms with Crippen LogP contribution in [0.4, 0.5) is 0 Å². The quantitative estimate of drug-likeness (QED) is 0.377. The average molecular weight is 473 g/mol. The van der Waals surface area contributed by atoms with E-state index < -0.39 is 12.1 Å². The number of carbonyl (C=O) groups is 2. The standard InChI is InChI=1S/C29H36N4O2/c1-33(29(35)26(31)20-22-12-5-2-6-13-22)27(18-11-19-30)28(34)32-21-25(23-14-7-3-8-15-23)24-16-9-4-10-17-24/h2-10,12-17,25-27H,11,18-21,30-31H2,1H3,(H,32,34)/t26-,27-/m0/s1. The highest BCUT2D eigenvalue weighted by molar-refractivity contribution is 5.89. The van der Waals surface area contributed by atoms with E-state index in [0.717, 1.165) is 16.7 Å². The van der Waals surface area contributed by atoms with Gasteiger partial charge in [0.15, 0.2) is 0 Å². The number of nitrogens with two attached hydrogens (primary N) is 2. The summed E-state index contributed by atoms with van der Waals surface area (Å²) in [6.07, 6.45) is 1.52. The molecule has 2 amide bonds. The van der Waals surface area contributed by atoms with E-state index in [2.05, 4.69) is 29.6 Å². The molecule has 0 fully saturated rings. The molecule has 0 aliphatic rings. The molecule has 5 N–H and O–H groups in total. The number of hydrogen-bond donors (Lipinski definition) is 3. The zero-order chi connectivity index (χ0) is 25.0. The highest BCUT2D eigenvalue weighted by Gasteiger charge is 2.30. The van der Waals surface area contributed by atoms with Gasteiger partial charge in [-0.2, -0.15) is 0 Å². The van der Waals surface area contributed by atoms with Crippen LogP contribution in [0.25, 0.3) is 0 Å². The molecular formula is C29H36N4O2. The smallest absolute Gasteiger partial charge is 0.242 e. The van der Waals surface area contributed by atoms with Gasteiger partial charge in [-0.25, -0.2) is 0 Å². The lowest BCUT2D eigenvalue weighted by Crippen LogP contribution is -2.53. The fraction of sp³-hybridized carbons (Fsp3) is 0.310. The van der Waals surface area contributed by atoms with E-state index >= 15 is 0 Å². The normalized spacial score (nSPS) is 12.7. The Kier molecular flexibility index (Phi) is 10.0. The molecule has 3 aromatic carbocycles. The summed E-state index contributed by atoms with van der Waals surface area (Å²) in [5, 5.41) is 3.10. The summed E-state index contributed by atoms with van der Waals surface area (Å²) >= 11 is 0. The SMILES string of the molecule is CN(C(=O)[C@@H](N)Cc1ccccc1)[C@@H](CCCN)C(=O)NCC(c1ccccc1)c1ccccc1. The summed E-state index contributed by atoms with van der Waals surface area (Å²) in [4.78, 5) is 28.0. The van der Waals surface area contributed by atoms with Crippen LogP contribution in [-0.4, -0.2) is 48.9 Å². The Morgan fingerprint density at radius 2 is 1.37 bits per heavy atom. The van der Waals surface area contributed by atoms with E-state index in [0.29, 0.717) is 32.4 Å². The summed E-state index contributed by atoms with van der Waals surface area (Å²) in [5.41, 5.74) is 15.2. The Labute approximate surface area is 208 Å². The van der Waals surface area contributed by atoms with Crippen LogP contribution in [-0.2, 0) is 16.0 Å². The number of amides is 2. The summed E-state index contributed by atoms with van der Waals surface area (Å²) in [6.45, 7) is 0.864. The van der Waals surface area contributed by atoms with Crippen molar-refractivity contribution in [2.24, 2.45) is 11.5 Å². The van der Waals surface area contributed by atoms with Crippen LogP contribution in [0.1, 0.15) is 35.4 Å². The van der Waals surface area contributed by atoms with E-state index in [9.17, 15) is 9.59 Å². The third-order valence-corrected chi connectivity index (χ3v) is 6.30. The minimum absolute atomic E-state index is 0.00199. The van der Waals surface area contributed by atoms with Crippen LogP contribution in [0.2, 0.25) is 0 Å². The molecule has 0 spiro atoms. The monoisotopic (exact) mass is 472 g/mol. The van der Waals surface area contributed by atoms with Gasteiger partial charge in [-0.3, -0.25) is 9.59 Å². The van der Waals surface area contributed by atoms with Crippen molar-refractivity contribution in [2.45, 2.75) is 37.3 Å². The first-order chi connectivity index (χ1) is 17.0. The number of benzene rings is 3. The Morgan fingerprint density at radius 1 is 0.857 bits per heavy atom. The van der Waals surface area contributed by atoms with Crippen LogP contribution in [0.5, 0.6) is 0 Å². The molecule has 0 aliphatic heterocycles. The Balaban J connectivity index is 1.71. The molecule has 2 atom stereocenters. The molecule has 0 aliphatic carbocycles. The number of nitrogens with zero attached hydrogens (tertiary/aromatic N) is 1. The Bertz CT molecular complexity index is 1000. The zero-order valence-electron chi connectivity index (χ0n) is 20.3. The molecular weight excluding hydrogens is 436 g/mol. The van der Waals surface area contributed by atoms with E-state index in [1.54, 1.807) is 7.05 Å². The maximum absolute atomic E-state index is 13.4. The van der Waals surface area contributed by atoms with Gasteiger partial charge in [0.1, 0.15) is 6.04 Å². The lowest BCUT2D eigenvalue weighted by Gasteiger charge is -2.30. The van der Waals surface area contributed by atoms with Crippen molar-refractivity contribution in [3.05, 3.63) is 108 Å². The molecule has 0 radical (unpaired) electrons. The maximum Gasteiger partial charge on any atom is 0.242 e. The molecule has 0 aromatic heterocycles. The van der Waals surface area contributed by atoms with E-state index in [1.807, 2.05) is 66.7 Å². The van der Waals surface area contributed by atoms with Crippen molar-refractivity contribution in [3.63, 3.8) is 0 Å². The summed E-state index contributed by atoms with van der Waals surface area (Å²) in [7, 11) is 1.65. The van der Waals surface area contributed by atoms with Gasteiger partial charge in [0.25, 0.3) is 0 Å². The highest BCUT2D eigenvalue weighted by Crippen LogP contribution is 2.24. The first-order valence-electron chi connectivity index (χ1n) is 12.1. The number of likely N-dealkylation sites (N-methyl/N-ethyl adjacent to an activating group) is 1. The second-order valence-electron chi connectivity index (χ2n) is 8.81. The minimum Gasteiger partial charge on any atom is -0.353 e. The highest BCUT2D eigenvalue weighted by atomic mass is 16.2. The maximum atomic E-state index is 13.4. The molecule has 6 nitrogen and oxygen atoms in total. The molecule has 0 unspecified atom stereocenters. The van der Waals surface area contributed by atoms with E-state index in [4.69, 9.17) is 11.5 Å². The molecule has 184 valence electrons. The molecule has 0 saturated carbocycles. The predicted octanol–water partition coefficient (Wildman–Crippen LogP) is 3.07. The minimum atomic E-state index is -0.725. The number of carbonyl (C=O) groups excluding carboxylic acids is 2. The summed E-state index contributed by atoms with van der Waals surface area (Å²) in [5.74, 6) is -0.454. The number of nitrogens with one attached hydrogen (secondary N) is 1. The van der Waals surface area contributed by atoms with Crippen molar-refractivity contribution < 1.29 is 9.59 Å². The van der Waals surface area contributed by atoms with Gasteiger partial charge < -0.3 is 21.7 Å². The first-order valence-corrected chi connectivity index (χ1v) is 12.1. The van der Waals surface area contributed by atoms with Gasteiger partial charge in [-0.05, 0) is 42.5 Å². The topological polar surface area (TPSA) is 101 Å². The van der Waals surface area contributed by atoms with Crippen molar-refractivity contribution >= 4 is 11.8 Å². The van der Waals surface area contributed by atoms with Crippen LogP contribution >= 0.6 is 0 Å². The van der Waals surface area contributed by atoms with Crippen molar-refractivity contribution in [1.82, 2.24) is 10.2 Å². The molecule has 0 heterocycles. The third-order valence-electron chi connectivity index (χ3n) is 6.30. The van der Waals surface area contributed by atoms with E-state index in [1.165, 1.54) is 4.90 Å². The van der Waals surface area contributed by atoms with Crippen LogP contribution in [0, 0.1) is 0 Å². The summed E-state index contributed by atoms with van der Waals surface area (Å²) in [6, 6.07) is 28.5. The first kappa shape index (κ1) is 26.1. The van der Waals surface area contributed by atoms with Gasteiger partial charge in [0.05, 0.1) is 6.04 Å². The van der Waals surface area contributed by atoms with Crippen molar-refractivity contribution in [3.8, 4) is 0 Å². The molecule has 35 heavy (non-hydrogen) atoms. The van der Waals surface area contributed by atoms with Crippen LogP contribution in [0.15, 0.2) is 91.0 Å². The van der Waals surface area contributed by atoms with Crippen LogP contribution in [0.3, 0.4) is 0 Å². The Morgan fingerprint density at radius 3 is 1.89 bits per heavy atom. The van der Waals surface area contributed by atoms with Crippen molar-refractivity contribution in [2.75, 3.05) is 20.1 Å². The fourth-order valence-corrected chi connectivity index (χ4v) is 4.30. The third kappa shape index (κ3) is 7.50. The molecule has 0 saturated heterocycles. The molecule has 3 aromatic rings. The predicted molar refractivity (Wildman–Crippen MR) is 141 cm³/mol. The summed E-state index contributed by atoms with van der Waals surface area (Å²) < 4.78 is 0. The van der Waals surface area contributed by atoms with Gasteiger partial charge in [0, 0.05) is 19.5 Å². The second-order valence-corrected chi connectivity index (χ2v) is 8.81. The lowest BCUT2D eigenvalue weighted by atomic mass is 9.91. The van der Waals surface area contributed by atoms with Gasteiger partial charge in [-0.1, -0.05) is 91.0 Å². The van der Waals surface area contributed by atoms with Gasteiger partial charge in [0.2, 0.25) is 11.8 Å². The lowest BCUT2D eigenvalue weighted by molar-refractivity contribution is -0.140. The van der Waals surface area contributed by atoms with E-state index in [-0.39, 0.29) is 17.7 Å². The largest absolute Gasteiger partial charge is 0.353 e. The van der Waals surface area contributed by atoms with Crippen molar-refractivity contribution in [1.29, 1.82) is 0 Å². The molecule has 6 heteroatoms. The Hall–Kier alpha value is -3.48. The van der Waals surface area contributed by atoms with Gasteiger partial charge >= 0.3 is 0 Å². The zero-order valence-corrected chi connectivity index (χ0v) is 20.3. The number of hydrogen-bond acceptors (Lipinski definition) is 4. The molecule has 0 bridgehead atoms. The molecule has 3 rings (SSSR count). The number of rotatable bonds is 12. The van der Waals surface area contributed by atoms with Gasteiger partial charge in [-0.15, -0.1) is 0 Å². The fourth-order valence-electron chi connectivity index (χ4n) is 4.30. The average Bonchev–Trinajstić information content (AvgIpc) is 2.90.